The molecule has 0 aliphatic carbocycles. The number of amides is 1. The van der Waals surface area contributed by atoms with Gasteiger partial charge in [0.05, 0.1) is 11.7 Å². The lowest BCUT2D eigenvalue weighted by atomic mass is 9.95. The van der Waals surface area contributed by atoms with Gasteiger partial charge in [-0.25, -0.2) is 0 Å². The number of rotatable bonds is 8. The van der Waals surface area contributed by atoms with E-state index in [0.29, 0.717) is 12.3 Å². The molecule has 118 valence electrons. The SMILES string of the molecule is C=CN1CCCC1C(=O)NC(CC(C)CC)C(=O)C(=C)N. The smallest absolute Gasteiger partial charge is 0.243 e. The fourth-order valence-corrected chi connectivity index (χ4v) is 2.58. The second kappa shape index (κ2) is 7.86. The molecular formula is C16H27N3O2. The van der Waals surface area contributed by atoms with Crippen LogP contribution in [0.15, 0.2) is 25.1 Å². The molecule has 0 spiro atoms. The first-order valence-electron chi connectivity index (χ1n) is 7.57. The predicted octanol–water partition coefficient (Wildman–Crippen LogP) is 1.56. The Kier molecular flexibility index (Phi) is 6.46. The fraction of sp³-hybridized carbons (Fsp3) is 0.625. The molecule has 1 fully saturated rings. The van der Waals surface area contributed by atoms with E-state index in [1.807, 2.05) is 4.90 Å². The molecule has 0 aromatic carbocycles. The lowest BCUT2D eigenvalue weighted by Crippen LogP contribution is -2.49. The van der Waals surface area contributed by atoms with Gasteiger partial charge in [-0.2, -0.15) is 0 Å². The van der Waals surface area contributed by atoms with Crippen LogP contribution in [0.25, 0.3) is 0 Å². The number of carbonyl (C=O) groups excluding carboxylic acids is 2. The molecule has 5 nitrogen and oxygen atoms in total. The Balaban J connectivity index is 2.75. The molecule has 3 unspecified atom stereocenters. The predicted molar refractivity (Wildman–Crippen MR) is 84.3 cm³/mol. The Bertz CT molecular complexity index is 420. The number of likely N-dealkylation sites (tertiary alicyclic amines) is 1. The fourth-order valence-electron chi connectivity index (χ4n) is 2.58. The minimum atomic E-state index is -0.586. The first-order valence-corrected chi connectivity index (χ1v) is 7.57. The van der Waals surface area contributed by atoms with E-state index in [9.17, 15) is 9.59 Å². The van der Waals surface area contributed by atoms with E-state index >= 15 is 0 Å². The number of carbonyl (C=O) groups is 2. The minimum Gasteiger partial charge on any atom is -0.396 e. The molecule has 1 saturated heterocycles. The average molecular weight is 293 g/mol. The van der Waals surface area contributed by atoms with E-state index in [2.05, 4.69) is 32.3 Å². The number of nitrogens with two attached hydrogens (primary N) is 1. The van der Waals surface area contributed by atoms with E-state index in [0.717, 1.165) is 25.8 Å². The van der Waals surface area contributed by atoms with Gasteiger partial charge in [-0.15, -0.1) is 0 Å². The lowest BCUT2D eigenvalue weighted by Gasteiger charge is -2.26. The van der Waals surface area contributed by atoms with Crippen LogP contribution in [0.2, 0.25) is 0 Å². The maximum absolute atomic E-state index is 12.4. The Morgan fingerprint density at radius 1 is 1.52 bits per heavy atom. The zero-order chi connectivity index (χ0) is 16.0. The van der Waals surface area contributed by atoms with Gasteiger partial charge in [-0.3, -0.25) is 9.59 Å². The molecule has 0 bridgehead atoms. The summed E-state index contributed by atoms with van der Waals surface area (Å²) in [6, 6.07) is -0.821. The van der Waals surface area contributed by atoms with Crippen LogP contribution < -0.4 is 11.1 Å². The number of hydrogen-bond donors (Lipinski definition) is 2. The van der Waals surface area contributed by atoms with E-state index < -0.39 is 6.04 Å². The lowest BCUT2D eigenvalue weighted by molar-refractivity contribution is -0.129. The van der Waals surface area contributed by atoms with Gasteiger partial charge in [0.1, 0.15) is 6.04 Å². The Hall–Kier alpha value is -1.78. The van der Waals surface area contributed by atoms with Crippen molar-refractivity contribution in [1.29, 1.82) is 0 Å². The van der Waals surface area contributed by atoms with Crippen LogP contribution in [0.5, 0.6) is 0 Å². The van der Waals surface area contributed by atoms with Gasteiger partial charge in [-0.1, -0.05) is 33.4 Å². The number of nitrogens with zero attached hydrogens (tertiary/aromatic N) is 1. The maximum Gasteiger partial charge on any atom is 0.243 e. The van der Waals surface area contributed by atoms with Gasteiger partial charge in [0.25, 0.3) is 0 Å². The number of nitrogens with one attached hydrogen (secondary N) is 1. The molecule has 1 heterocycles. The van der Waals surface area contributed by atoms with E-state index in [1.165, 1.54) is 0 Å². The monoisotopic (exact) mass is 293 g/mol. The third-order valence-corrected chi connectivity index (χ3v) is 4.12. The van der Waals surface area contributed by atoms with Gasteiger partial charge in [0, 0.05) is 6.54 Å². The van der Waals surface area contributed by atoms with Gasteiger partial charge in [-0.05, 0) is 31.4 Å². The van der Waals surface area contributed by atoms with Gasteiger partial charge in [0.2, 0.25) is 5.91 Å². The molecule has 0 radical (unpaired) electrons. The third kappa shape index (κ3) is 4.62. The summed E-state index contributed by atoms with van der Waals surface area (Å²) in [5.74, 6) is -0.0835. The number of hydrogen-bond acceptors (Lipinski definition) is 4. The summed E-state index contributed by atoms with van der Waals surface area (Å²) in [4.78, 5) is 26.4. The zero-order valence-corrected chi connectivity index (χ0v) is 13.1. The Morgan fingerprint density at radius 2 is 2.19 bits per heavy atom. The van der Waals surface area contributed by atoms with Crippen molar-refractivity contribution in [2.24, 2.45) is 11.7 Å². The summed E-state index contributed by atoms with van der Waals surface area (Å²) in [6.45, 7) is 12.2. The van der Waals surface area contributed by atoms with Crippen LogP contribution in [0.1, 0.15) is 39.5 Å². The van der Waals surface area contributed by atoms with Crippen molar-refractivity contribution >= 4 is 11.7 Å². The number of Topliss-reactive ketones (excluding diaryl/α,β-unsaturated/α-hetero) is 1. The van der Waals surface area contributed by atoms with Crippen LogP contribution in [0.4, 0.5) is 0 Å². The van der Waals surface area contributed by atoms with Gasteiger partial charge in [0.15, 0.2) is 5.78 Å². The molecule has 0 aromatic rings. The van der Waals surface area contributed by atoms with Crippen LogP contribution >= 0.6 is 0 Å². The molecule has 1 amide bonds. The summed E-state index contributed by atoms with van der Waals surface area (Å²) in [5, 5.41) is 2.85. The first kappa shape index (κ1) is 17.3. The average Bonchev–Trinajstić information content (AvgIpc) is 2.93. The minimum absolute atomic E-state index is 0.00407. The third-order valence-electron chi connectivity index (χ3n) is 4.12. The van der Waals surface area contributed by atoms with Crippen LogP contribution in [-0.2, 0) is 9.59 Å². The quantitative estimate of drug-likeness (QED) is 0.666. The summed E-state index contributed by atoms with van der Waals surface area (Å²) >= 11 is 0. The molecule has 0 aromatic heterocycles. The first-order chi connectivity index (χ1) is 9.90. The molecule has 5 heteroatoms. The van der Waals surface area contributed by atoms with Gasteiger partial charge >= 0.3 is 0 Å². The van der Waals surface area contributed by atoms with Crippen molar-refractivity contribution in [2.45, 2.75) is 51.6 Å². The number of ketones is 1. The highest BCUT2D eigenvalue weighted by molar-refractivity contribution is 6.00. The molecule has 21 heavy (non-hydrogen) atoms. The second-order valence-corrected chi connectivity index (χ2v) is 5.78. The van der Waals surface area contributed by atoms with Crippen molar-refractivity contribution in [3.63, 3.8) is 0 Å². The van der Waals surface area contributed by atoms with E-state index in [-0.39, 0.29) is 23.4 Å². The molecule has 1 aliphatic heterocycles. The largest absolute Gasteiger partial charge is 0.396 e. The summed E-state index contributed by atoms with van der Waals surface area (Å²) in [5.41, 5.74) is 5.51. The van der Waals surface area contributed by atoms with E-state index in [1.54, 1.807) is 6.20 Å². The van der Waals surface area contributed by atoms with E-state index in [4.69, 9.17) is 5.73 Å². The highest BCUT2D eigenvalue weighted by atomic mass is 16.2. The summed E-state index contributed by atoms with van der Waals surface area (Å²) in [6.07, 6.45) is 4.95. The van der Waals surface area contributed by atoms with Crippen LogP contribution in [-0.4, -0.2) is 35.2 Å². The van der Waals surface area contributed by atoms with Crippen molar-refractivity contribution in [3.05, 3.63) is 25.1 Å². The zero-order valence-electron chi connectivity index (χ0n) is 13.1. The summed E-state index contributed by atoms with van der Waals surface area (Å²) < 4.78 is 0. The van der Waals surface area contributed by atoms with Crippen LogP contribution in [0, 0.1) is 5.92 Å². The highest BCUT2D eigenvalue weighted by Gasteiger charge is 2.31. The molecular weight excluding hydrogens is 266 g/mol. The summed E-state index contributed by atoms with van der Waals surface area (Å²) in [7, 11) is 0. The standard InChI is InChI=1S/C16H27N3O2/c1-5-11(3)10-13(15(20)12(4)17)18-16(21)14-8-7-9-19(14)6-2/h6,11,13-14H,2,4-5,7-10,17H2,1,3H3,(H,18,21). The van der Waals surface area contributed by atoms with Gasteiger partial charge < -0.3 is 16.0 Å². The van der Waals surface area contributed by atoms with Crippen LogP contribution in [0.3, 0.4) is 0 Å². The molecule has 1 rings (SSSR count). The highest BCUT2D eigenvalue weighted by Crippen LogP contribution is 2.18. The topological polar surface area (TPSA) is 75.4 Å². The normalized spacial score (nSPS) is 20.7. The molecule has 3 N–H and O–H groups in total. The van der Waals surface area contributed by atoms with Crippen molar-refractivity contribution in [2.75, 3.05) is 6.54 Å². The van der Waals surface area contributed by atoms with Crippen molar-refractivity contribution in [3.8, 4) is 0 Å². The molecule has 3 atom stereocenters. The van der Waals surface area contributed by atoms with Crippen molar-refractivity contribution < 1.29 is 9.59 Å². The molecule has 0 saturated carbocycles. The molecule has 1 aliphatic rings. The Labute approximate surface area is 127 Å². The second-order valence-electron chi connectivity index (χ2n) is 5.78. The Morgan fingerprint density at radius 3 is 2.71 bits per heavy atom. The van der Waals surface area contributed by atoms with Crippen molar-refractivity contribution in [1.82, 2.24) is 10.2 Å². The maximum atomic E-state index is 12.4.